The van der Waals surface area contributed by atoms with Crippen molar-refractivity contribution < 1.29 is 0 Å². The minimum absolute atomic E-state index is 0.519. The van der Waals surface area contributed by atoms with Gasteiger partial charge in [-0.1, -0.05) is 54.2 Å². The first kappa shape index (κ1) is 15.7. The Balaban J connectivity index is 1.57. The number of rotatable bonds is 4. The van der Waals surface area contributed by atoms with Gasteiger partial charge in [-0.2, -0.15) is 0 Å². The molecular formula is C19H17N5S. The number of hydrogen-bond acceptors (Lipinski definition) is 5. The highest BCUT2D eigenvalue weighted by atomic mass is 32.2. The van der Waals surface area contributed by atoms with Crippen LogP contribution in [0.1, 0.15) is 5.82 Å². The minimum Gasteiger partial charge on any atom is -0.383 e. The van der Waals surface area contributed by atoms with Crippen molar-refractivity contribution >= 4 is 28.5 Å². The monoisotopic (exact) mass is 347 g/mol. The number of thioether (sulfide) groups is 1. The molecule has 0 fully saturated rings. The van der Waals surface area contributed by atoms with Gasteiger partial charge in [-0.15, -0.1) is 0 Å². The molecule has 2 aromatic carbocycles. The molecule has 0 saturated heterocycles. The molecule has 0 aliphatic rings. The van der Waals surface area contributed by atoms with Gasteiger partial charge in [0.05, 0.1) is 23.2 Å². The third kappa shape index (κ3) is 3.08. The molecule has 0 bridgehead atoms. The molecule has 25 heavy (non-hydrogen) atoms. The minimum atomic E-state index is 0.519. The summed E-state index contributed by atoms with van der Waals surface area (Å²) in [5.74, 6) is 1.85. The zero-order chi connectivity index (χ0) is 17.2. The summed E-state index contributed by atoms with van der Waals surface area (Å²) in [6, 6.07) is 18.0. The Labute approximate surface area is 149 Å². The number of para-hydroxylation sites is 1. The molecule has 0 unspecified atom stereocenters. The number of nitrogens with two attached hydrogens (primary N) is 1. The molecule has 124 valence electrons. The van der Waals surface area contributed by atoms with Crippen molar-refractivity contribution in [2.45, 2.75) is 10.9 Å². The van der Waals surface area contributed by atoms with Gasteiger partial charge in [-0.25, -0.2) is 15.0 Å². The quantitative estimate of drug-likeness (QED) is 0.567. The predicted octanol–water partition coefficient (Wildman–Crippen LogP) is 3.90. The highest BCUT2D eigenvalue weighted by Crippen LogP contribution is 2.27. The van der Waals surface area contributed by atoms with Crippen molar-refractivity contribution in [3.8, 4) is 11.3 Å². The van der Waals surface area contributed by atoms with E-state index < -0.39 is 0 Å². The lowest BCUT2D eigenvalue weighted by Crippen LogP contribution is -2.01. The predicted molar refractivity (Wildman–Crippen MR) is 102 cm³/mol. The summed E-state index contributed by atoms with van der Waals surface area (Å²) in [5, 5.41) is 1.81. The van der Waals surface area contributed by atoms with E-state index in [1.807, 2.05) is 55.7 Å². The van der Waals surface area contributed by atoms with Crippen molar-refractivity contribution in [2.24, 2.45) is 7.05 Å². The van der Waals surface area contributed by atoms with Crippen LogP contribution in [0.5, 0.6) is 0 Å². The molecule has 2 heterocycles. The van der Waals surface area contributed by atoms with Crippen LogP contribution in [0.15, 0.2) is 66.0 Å². The number of nitrogen functional groups attached to an aromatic ring is 1. The number of benzene rings is 2. The normalized spacial score (nSPS) is 11.1. The molecule has 0 spiro atoms. The van der Waals surface area contributed by atoms with Gasteiger partial charge in [-0.3, -0.25) is 0 Å². The van der Waals surface area contributed by atoms with Crippen LogP contribution >= 0.6 is 11.8 Å². The third-order valence-corrected chi connectivity index (χ3v) is 5.06. The molecule has 0 aliphatic carbocycles. The summed E-state index contributed by atoms with van der Waals surface area (Å²) in [7, 11) is 2.02. The molecule has 0 atom stereocenters. The van der Waals surface area contributed by atoms with E-state index >= 15 is 0 Å². The molecule has 4 rings (SSSR count). The van der Waals surface area contributed by atoms with Crippen LogP contribution in [-0.2, 0) is 12.8 Å². The SMILES string of the molecule is Cn1c(-c2ccccc2)cnc1SCc1nc(N)c2ccccc2n1. The maximum atomic E-state index is 6.05. The first-order valence-corrected chi connectivity index (χ1v) is 8.92. The molecule has 0 radical (unpaired) electrons. The Morgan fingerprint density at radius 3 is 2.60 bits per heavy atom. The number of hydrogen-bond donors (Lipinski definition) is 1. The van der Waals surface area contributed by atoms with Gasteiger partial charge in [0.25, 0.3) is 0 Å². The summed E-state index contributed by atoms with van der Waals surface area (Å²) >= 11 is 1.60. The Hall–Kier alpha value is -2.86. The lowest BCUT2D eigenvalue weighted by Gasteiger charge is -2.07. The van der Waals surface area contributed by atoms with E-state index in [2.05, 4.69) is 31.7 Å². The summed E-state index contributed by atoms with van der Waals surface area (Å²) in [6.07, 6.45) is 1.90. The molecule has 0 aliphatic heterocycles. The molecule has 0 saturated carbocycles. The zero-order valence-electron chi connectivity index (χ0n) is 13.8. The molecule has 4 aromatic rings. The first-order chi connectivity index (χ1) is 12.2. The van der Waals surface area contributed by atoms with E-state index in [9.17, 15) is 0 Å². The van der Waals surface area contributed by atoms with Gasteiger partial charge < -0.3 is 10.3 Å². The molecule has 2 N–H and O–H groups in total. The summed E-state index contributed by atoms with van der Waals surface area (Å²) < 4.78 is 2.09. The number of anilines is 1. The van der Waals surface area contributed by atoms with E-state index in [0.717, 1.165) is 27.3 Å². The Kier molecular flexibility index (Phi) is 4.11. The number of imidazole rings is 1. The topological polar surface area (TPSA) is 69.6 Å². The number of fused-ring (bicyclic) bond motifs is 1. The summed E-state index contributed by atoms with van der Waals surface area (Å²) in [6.45, 7) is 0. The van der Waals surface area contributed by atoms with Crippen molar-refractivity contribution in [1.82, 2.24) is 19.5 Å². The smallest absolute Gasteiger partial charge is 0.168 e. The third-order valence-electron chi connectivity index (χ3n) is 4.02. The highest BCUT2D eigenvalue weighted by Gasteiger charge is 2.11. The fourth-order valence-electron chi connectivity index (χ4n) is 2.75. The largest absolute Gasteiger partial charge is 0.383 e. The van der Waals surface area contributed by atoms with Crippen molar-refractivity contribution in [1.29, 1.82) is 0 Å². The molecular weight excluding hydrogens is 330 g/mol. The van der Waals surface area contributed by atoms with Gasteiger partial charge in [0, 0.05) is 12.4 Å². The van der Waals surface area contributed by atoms with E-state index in [1.165, 1.54) is 0 Å². The van der Waals surface area contributed by atoms with Crippen LogP contribution < -0.4 is 5.73 Å². The Morgan fingerprint density at radius 1 is 1.00 bits per heavy atom. The first-order valence-electron chi connectivity index (χ1n) is 7.93. The Bertz CT molecular complexity index is 1030. The maximum absolute atomic E-state index is 6.05. The molecule has 0 amide bonds. The lowest BCUT2D eigenvalue weighted by molar-refractivity contribution is 0.796. The second-order valence-corrected chi connectivity index (χ2v) is 6.62. The van der Waals surface area contributed by atoms with Crippen LogP contribution in [0, 0.1) is 0 Å². The average Bonchev–Trinajstić information content (AvgIpc) is 3.01. The van der Waals surface area contributed by atoms with Crippen LogP contribution in [0.3, 0.4) is 0 Å². The average molecular weight is 347 g/mol. The standard InChI is InChI=1S/C19H17N5S/c1-24-16(13-7-3-2-4-8-13)11-21-19(24)25-12-17-22-15-10-6-5-9-14(15)18(20)23-17/h2-11H,12H2,1H3,(H2,20,22,23). The van der Waals surface area contributed by atoms with Crippen LogP contribution in [0.4, 0.5) is 5.82 Å². The van der Waals surface area contributed by atoms with E-state index in [4.69, 9.17) is 5.73 Å². The van der Waals surface area contributed by atoms with Gasteiger partial charge in [0.2, 0.25) is 0 Å². The highest BCUT2D eigenvalue weighted by molar-refractivity contribution is 7.98. The van der Waals surface area contributed by atoms with E-state index in [-0.39, 0.29) is 0 Å². The molecule has 2 aromatic heterocycles. The van der Waals surface area contributed by atoms with Gasteiger partial charge in [-0.05, 0) is 17.7 Å². The van der Waals surface area contributed by atoms with Crippen molar-refractivity contribution in [3.05, 3.63) is 66.6 Å². The zero-order valence-corrected chi connectivity index (χ0v) is 14.6. The van der Waals surface area contributed by atoms with Gasteiger partial charge in [0.15, 0.2) is 5.16 Å². The van der Waals surface area contributed by atoms with Gasteiger partial charge in [0.1, 0.15) is 11.6 Å². The molecule has 6 heteroatoms. The second kappa shape index (κ2) is 6.57. The van der Waals surface area contributed by atoms with Gasteiger partial charge >= 0.3 is 0 Å². The fourth-order valence-corrected chi connectivity index (χ4v) is 3.56. The Morgan fingerprint density at radius 2 is 1.76 bits per heavy atom. The van der Waals surface area contributed by atoms with Crippen molar-refractivity contribution in [2.75, 3.05) is 5.73 Å². The van der Waals surface area contributed by atoms with Crippen LogP contribution in [0.2, 0.25) is 0 Å². The summed E-state index contributed by atoms with van der Waals surface area (Å²) in [4.78, 5) is 13.5. The van der Waals surface area contributed by atoms with E-state index in [0.29, 0.717) is 17.4 Å². The van der Waals surface area contributed by atoms with E-state index in [1.54, 1.807) is 11.8 Å². The number of nitrogens with zero attached hydrogens (tertiary/aromatic N) is 4. The molecule has 5 nitrogen and oxygen atoms in total. The lowest BCUT2D eigenvalue weighted by atomic mass is 10.2. The maximum Gasteiger partial charge on any atom is 0.168 e. The fraction of sp³-hybridized carbons (Fsp3) is 0.105. The van der Waals surface area contributed by atoms with Crippen LogP contribution in [0.25, 0.3) is 22.2 Å². The van der Waals surface area contributed by atoms with Crippen molar-refractivity contribution in [3.63, 3.8) is 0 Å². The number of aromatic nitrogens is 4. The summed E-state index contributed by atoms with van der Waals surface area (Å²) in [5.41, 5.74) is 9.16. The van der Waals surface area contributed by atoms with Crippen LogP contribution in [-0.4, -0.2) is 19.5 Å². The second-order valence-electron chi connectivity index (χ2n) is 5.68.